The van der Waals surface area contributed by atoms with Gasteiger partial charge in [-0.25, -0.2) is 4.79 Å². The predicted octanol–water partition coefficient (Wildman–Crippen LogP) is 4.28. The summed E-state index contributed by atoms with van der Waals surface area (Å²) in [7, 11) is 0. The molecule has 0 spiro atoms. The number of hydrogen-bond donors (Lipinski definition) is 1. The average Bonchev–Trinajstić information content (AvgIpc) is 2.84. The number of carbonyl (C=O) groups excluding carboxylic acids is 2. The fraction of sp³-hybridized carbons (Fsp3) is 0.333. The maximum Gasteiger partial charge on any atom is 0.339 e. The van der Waals surface area contributed by atoms with E-state index in [1.807, 2.05) is 38.1 Å². The number of ether oxygens (including phenoxy) is 1. The van der Waals surface area contributed by atoms with Gasteiger partial charge in [0.15, 0.2) is 6.61 Å². The Morgan fingerprint density at radius 1 is 1.17 bits per heavy atom. The third kappa shape index (κ3) is 4.66. The van der Waals surface area contributed by atoms with Gasteiger partial charge in [0.2, 0.25) is 0 Å². The summed E-state index contributed by atoms with van der Waals surface area (Å²) < 4.78 is 5.07. The van der Waals surface area contributed by atoms with Crippen LogP contribution < -0.4 is 5.32 Å². The number of aryl methyl sites for hydroxylation is 2. The summed E-state index contributed by atoms with van der Waals surface area (Å²) in [5.74, 6) is -0.365. The topological polar surface area (TPSA) is 55.4 Å². The molecule has 4 nitrogen and oxygen atoms in total. The Balaban J connectivity index is 1.87. The van der Waals surface area contributed by atoms with Crippen molar-refractivity contribution in [2.45, 2.75) is 33.6 Å². The molecule has 0 saturated heterocycles. The van der Waals surface area contributed by atoms with Gasteiger partial charge < -0.3 is 10.1 Å². The summed E-state index contributed by atoms with van der Waals surface area (Å²) in [6.07, 6.45) is 0. The van der Waals surface area contributed by atoms with Crippen LogP contribution in [0.1, 0.15) is 45.4 Å². The minimum Gasteiger partial charge on any atom is -0.452 e. The van der Waals surface area contributed by atoms with Gasteiger partial charge in [-0.2, -0.15) is 0 Å². The number of hydrogen-bond acceptors (Lipinski definition) is 4. The number of amides is 1. The maximum atomic E-state index is 12.0. The number of nitrogens with one attached hydrogen (secondary N) is 1. The monoisotopic (exact) mass is 331 g/mol. The highest BCUT2D eigenvalue weighted by Crippen LogP contribution is 2.21. The number of benzene rings is 1. The second kappa shape index (κ2) is 7.42. The van der Waals surface area contributed by atoms with Crippen molar-refractivity contribution >= 4 is 28.9 Å². The average molecular weight is 331 g/mol. The lowest BCUT2D eigenvalue weighted by Crippen LogP contribution is -2.21. The summed E-state index contributed by atoms with van der Waals surface area (Å²) in [5.41, 5.74) is 2.43. The highest BCUT2D eigenvalue weighted by atomic mass is 32.1. The lowest BCUT2D eigenvalue weighted by Gasteiger charge is -2.09. The van der Waals surface area contributed by atoms with Gasteiger partial charge in [-0.3, -0.25) is 4.79 Å². The zero-order valence-electron chi connectivity index (χ0n) is 13.8. The van der Waals surface area contributed by atoms with E-state index in [1.165, 1.54) is 16.9 Å². The Morgan fingerprint density at radius 2 is 1.83 bits per heavy atom. The zero-order chi connectivity index (χ0) is 17.0. The number of esters is 1. The molecule has 0 atom stereocenters. The van der Waals surface area contributed by atoms with E-state index in [9.17, 15) is 9.59 Å². The Labute approximate surface area is 140 Å². The van der Waals surface area contributed by atoms with E-state index in [0.717, 1.165) is 9.75 Å². The van der Waals surface area contributed by atoms with Crippen molar-refractivity contribution in [1.29, 1.82) is 0 Å². The molecule has 2 rings (SSSR count). The summed E-state index contributed by atoms with van der Waals surface area (Å²) in [5, 5.41) is 2.72. The highest BCUT2D eigenvalue weighted by molar-refractivity contribution is 7.12. The summed E-state index contributed by atoms with van der Waals surface area (Å²) >= 11 is 1.54. The Hall–Kier alpha value is -2.14. The SMILES string of the molecule is Cc1cc(C(=O)OCC(=O)Nc2ccc(C(C)C)cc2)c(C)s1. The van der Waals surface area contributed by atoms with Crippen LogP contribution in [0.2, 0.25) is 0 Å². The summed E-state index contributed by atoms with van der Waals surface area (Å²) in [6.45, 7) is 7.73. The molecule has 0 fully saturated rings. The van der Waals surface area contributed by atoms with Crippen molar-refractivity contribution in [2.24, 2.45) is 0 Å². The molecule has 1 aromatic heterocycles. The van der Waals surface area contributed by atoms with E-state index in [0.29, 0.717) is 17.2 Å². The van der Waals surface area contributed by atoms with Gasteiger partial charge in [0.1, 0.15) is 0 Å². The van der Waals surface area contributed by atoms with Crippen LogP contribution >= 0.6 is 11.3 Å². The molecule has 1 N–H and O–H groups in total. The third-order valence-corrected chi connectivity index (χ3v) is 4.42. The Morgan fingerprint density at radius 3 is 2.35 bits per heavy atom. The van der Waals surface area contributed by atoms with Gasteiger partial charge in [0.05, 0.1) is 5.56 Å². The lowest BCUT2D eigenvalue weighted by atomic mass is 10.0. The predicted molar refractivity (Wildman–Crippen MR) is 93.2 cm³/mol. The van der Waals surface area contributed by atoms with E-state index in [4.69, 9.17) is 4.74 Å². The standard InChI is InChI=1S/C18H21NO3S/c1-11(2)14-5-7-15(8-6-14)19-17(20)10-22-18(21)16-9-12(3)23-13(16)4/h5-9,11H,10H2,1-4H3,(H,19,20). The second-order valence-electron chi connectivity index (χ2n) is 5.73. The van der Waals surface area contributed by atoms with Gasteiger partial charge in [0.25, 0.3) is 5.91 Å². The Bertz CT molecular complexity index is 702. The Kier molecular flexibility index (Phi) is 5.55. The van der Waals surface area contributed by atoms with E-state index in [-0.39, 0.29) is 12.5 Å². The molecule has 0 bridgehead atoms. The van der Waals surface area contributed by atoms with Gasteiger partial charge >= 0.3 is 5.97 Å². The summed E-state index contributed by atoms with van der Waals surface area (Å²) in [6, 6.07) is 9.43. The molecule has 1 amide bonds. The smallest absolute Gasteiger partial charge is 0.339 e. The van der Waals surface area contributed by atoms with E-state index < -0.39 is 5.97 Å². The number of rotatable bonds is 5. The first-order valence-corrected chi connectivity index (χ1v) is 8.32. The fourth-order valence-corrected chi connectivity index (χ4v) is 3.10. The van der Waals surface area contributed by atoms with Crippen LogP contribution in [0.4, 0.5) is 5.69 Å². The van der Waals surface area contributed by atoms with Crippen LogP contribution in [0.15, 0.2) is 30.3 Å². The first kappa shape index (κ1) is 17.2. The first-order chi connectivity index (χ1) is 10.9. The number of thiophene rings is 1. The molecule has 0 saturated carbocycles. The molecule has 0 unspecified atom stereocenters. The maximum absolute atomic E-state index is 12.0. The van der Waals surface area contributed by atoms with Crippen LogP contribution in [0, 0.1) is 13.8 Å². The largest absolute Gasteiger partial charge is 0.452 e. The van der Waals surface area contributed by atoms with Crippen molar-refractivity contribution in [3.05, 3.63) is 51.2 Å². The molecule has 1 heterocycles. The van der Waals surface area contributed by atoms with Crippen LogP contribution in [0.5, 0.6) is 0 Å². The van der Waals surface area contributed by atoms with Crippen LogP contribution in [-0.4, -0.2) is 18.5 Å². The highest BCUT2D eigenvalue weighted by Gasteiger charge is 2.15. The molecule has 5 heteroatoms. The van der Waals surface area contributed by atoms with Crippen molar-refractivity contribution < 1.29 is 14.3 Å². The minimum atomic E-state index is -0.461. The van der Waals surface area contributed by atoms with Crippen LogP contribution in [0.25, 0.3) is 0 Å². The molecule has 0 aliphatic heterocycles. The molecular formula is C18H21NO3S. The zero-order valence-corrected chi connectivity index (χ0v) is 14.6. The lowest BCUT2D eigenvalue weighted by molar-refractivity contribution is -0.119. The van der Waals surface area contributed by atoms with Crippen molar-refractivity contribution in [2.75, 3.05) is 11.9 Å². The molecule has 0 aliphatic rings. The van der Waals surface area contributed by atoms with E-state index in [2.05, 4.69) is 19.2 Å². The molecular weight excluding hydrogens is 310 g/mol. The van der Waals surface area contributed by atoms with Gasteiger partial charge in [0, 0.05) is 15.4 Å². The van der Waals surface area contributed by atoms with Crippen molar-refractivity contribution in [3.63, 3.8) is 0 Å². The fourth-order valence-electron chi connectivity index (χ4n) is 2.19. The van der Waals surface area contributed by atoms with Crippen molar-refractivity contribution in [3.8, 4) is 0 Å². The first-order valence-electron chi connectivity index (χ1n) is 7.50. The van der Waals surface area contributed by atoms with E-state index >= 15 is 0 Å². The van der Waals surface area contributed by atoms with E-state index in [1.54, 1.807) is 6.07 Å². The number of anilines is 1. The number of carbonyl (C=O) groups is 2. The normalized spacial score (nSPS) is 10.7. The third-order valence-electron chi connectivity index (χ3n) is 3.46. The minimum absolute atomic E-state index is 0.293. The quantitative estimate of drug-likeness (QED) is 0.832. The molecule has 23 heavy (non-hydrogen) atoms. The molecule has 1 aromatic carbocycles. The second-order valence-corrected chi connectivity index (χ2v) is 7.19. The molecule has 122 valence electrons. The van der Waals surface area contributed by atoms with Crippen LogP contribution in [0.3, 0.4) is 0 Å². The van der Waals surface area contributed by atoms with Gasteiger partial charge in [-0.05, 0) is 43.5 Å². The van der Waals surface area contributed by atoms with Gasteiger partial charge in [-0.15, -0.1) is 11.3 Å². The van der Waals surface area contributed by atoms with Crippen molar-refractivity contribution in [1.82, 2.24) is 0 Å². The van der Waals surface area contributed by atoms with Crippen LogP contribution in [-0.2, 0) is 9.53 Å². The summed E-state index contributed by atoms with van der Waals surface area (Å²) in [4.78, 5) is 25.8. The molecule has 0 radical (unpaired) electrons. The van der Waals surface area contributed by atoms with Gasteiger partial charge in [-0.1, -0.05) is 26.0 Å². The molecule has 0 aliphatic carbocycles. The molecule has 2 aromatic rings.